The summed E-state index contributed by atoms with van der Waals surface area (Å²) in [6.07, 6.45) is 7.18. The predicted molar refractivity (Wildman–Crippen MR) is 170 cm³/mol. The number of aromatic nitrogens is 4. The SMILES string of the molecule is Cn1c(C(N)=O)c(-c2ccc(F)cc2)c(=O)c(C(N)=O)c1-c1ccc(-c2cc(-c3cnn(C4CCNCC4)c3)cnc2N)c(F)c1. The van der Waals surface area contributed by atoms with Crippen molar-refractivity contribution in [1.29, 1.82) is 0 Å². The van der Waals surface area contributed by atoms with Crippen molar-refractivity contribution in [3.63, 3.8) is 0 Å². The lowest BCUT2D eigenvalue weighted by atomic mass is 9.94. The number of halogens is 2. The maximum absolute atomic E-state index is 16.0. The first kappa shape index (κ1) is 30.3. The van der Waals surface area contributed by atoms with Crippen LogP contribution in [0.5, 0.6) is 0 Å². The summed E-state index contributed by atoms with van der Waals surface area (Å²) in [4.78, 5) is 43.3. The number of primary amides is 2. The van der Waals surface area contributed by atoms with Crippen LogP contribution in [0.15, 0.2) is 71.9 Å². The lowest BCUT2D eigenvalue weighted by Crippen LogP contribution is -2.32. The highest BCUT2D eigenvalue weighted by atomic mass is 19.1. The van der Waals surface area contributed by atoms with Gasteiger partial charge in [-0.2, -0.15) is 5.10 Å². The van der Waals surface area contributed by atoms with Gasteiger partial charge >= 0.3 is 0 Å². The molecule has 234 valence electrons. The van der Waals surface area contributed by atoms with Crippen LogP contribution in [0.25, 0.3) is 44.6 Å². The van der Waals surface area contributed by atoms with Crippen molar-refractivity contribution in [2.24, 2.45) is 18.5 Å². The second kappa shape index (κ2) is 12.0. The number of hydrogen-bond acceptors (Lipinski definition) is 7. The summed E-state index contributed by atoms with van der Waals surface area (Å²) >= 11 is 0. The molecule has 4 heterocycles. The molecule has 1 aliphatic heterocycles. The Balaban J connectivity index is 1.44. The van der Waals surface area contributed by atoms with Gasteiger partial charge in [0.15, 0.2) is 0 Å². The molecule has 1 fully saturated rings. The summed E-state index contributed by atoms with van der Waals surface area (Å²) in [5.41, 5.74) is 17.7. The summed E-state index contributed by atoms with van der Waals surface area (Å²) in [5, 5.41) is 7.87. The van der Waals surface area contributed by atoms with Crippen LogP contribution in [0.4, 0.5) is 14.6 Å². The number of pyridine rings is 2. The number of anilines is 1. The molecule has 0 aliphatic carbocycles. The van der Waals surface area contributed by atoms with Gasteiger partial charge in [0.05, 0.1) is 23.5 Å². The van der Waals surface area contributed by atoms with Crippen molar-refractivity contribution in [2.45, 2.75) is 18.9 Å². The monoisotopic (exact) mass is 624 g/mol. The second-order valence-corrected chi connectivity index (χ2v) is 11.1. The van der Waals surface area contributed by atoms with E-state index in [1.54, 1.807) is 18.5 Å². The third kappa shape index (κ3) is 5.41. The number of piperidine rings is 1. The fourth-order valence-electron chi connectivity index (χ4n) is 6.01. The van der Waals surface area contributed by atoms with Crippen LogP contribution in [0.2, 0.25) is 0 Å². The first-order valence-corrected chi connectivity index (χ1v) is 14.5. The van der Waals surface area contributed by atoms with Crippen LogP contribution >= 0.6 is 0 Å². The van der Waals surface area contributed by atoms with E-state index in [-0.39, 0.29) is 45.5 Å². The molecule has 0 spiro atoms. The van der Waals surface area contributed by atoms with Gasteiger partial charge in [-0.05, 0) is 55.8 Å². The molecule has 2 amide bonds. The van der Waals surface area contributed by atoms with E-state index in [0.717, 1.165) is 49.7 Å². The molecular formula is C33H30F2N8O3. The Labute approximate surface area is 261 Å². The van der Waals surface area contributed by atoms with E-state index < -0.39 is 34.4 Å². The van der Waals surface area contributed by atoms with Crippen molar-refractivity contribution >= 4 is 17.6 Å². The van der Waals surface area contributed by atoms with Crippen molar-refractivity contribution in [3.05, 3.63) is 100 Å². The largest absolute Gasteiger partial charge is 0.383 e. The molecule has 1 saturated heterocycles. The van der Waals surface area contributed by atoms with Gasteiger partial charge in [-0.15, -0.1) is 0 Å². The fourth-order valence-corrected chi connectivity index (χ4v) is 6.01. The number of rotatable bonds is 7. The number of nitrogens with two attached hydrogens (primary N) is 3. The Kier molecular flexibility index (Phi) is 7.92. The summed E-state index contributed by atoms with van der Waals surface area (Å²) < 4.78 is 32.7. The van der Waals surface area contributed by atoms with Gasteiger partial charge in [0.1, 0.15) is 28.7 Å². The molecule has 46 heavy (non-hydrogen) atoms. The maximum Gasteiger partial charge on any atom is 0.266 e. The van der Waals surface area contributed by atoms with Gasteiger partial charge in [0, 0.05) is 47.3 Å². The lowest BCUT2D eigenvalue weighted by Gasteiger charge is -2.22. The van der Waals surface area contributed by atoms with Crippen LogP contribution < -0.4 is 27.9 Å². The van der Waals surface area contributed by atoms with Crippen LogP contribution in [0, 0.1) is 11.6 Å². The Hall–Kier alpha value is -5.69. The van der Waals surface area contributed by atoms with E-state index in [4.69, 9.17) is 17.2 Å². The zero-order chi connectivity index (χ0) is 32.7. The van der Waals surface area contributed by atoms with Gasteiger partial charge in [-0.1, -0.05) is 24.3 Å². The highest BCUT2D eigenvalue weighted by Crippen LogP contribution is 2.35. The zero-order valence-electron chi connectivity index (χ0n) is 24.8. The van der Waals surface area contributed by atoms with E-state index >= 15 is 4.39 Å². The molecule has 2 aromatic carbocycles. The number of carbonyl (C=O) groups is 2. The molecule has 13 heteroatoms. The number of benzene rings is 2. The van der Waals surface area contributed by atoms with E-state index in [9.17, 15) is 18.8 Å². The van der Waals surface area contributed by atoms with E-state index in [1.165, 1.54) is 35.9 Å². The number of nitrogen functional groups attached to an aromatic ring is 1. The Morgan fingerprint density at radius 2 is 1.59 bits per heavy atom. The molecule has 0 radical (unpaired) electrons. The van der Waals surface area contributed by atoms with Crippen LogP contribution in [-0.2, 0) is 7.05 Å². The predicted octanol–water partition coefficient (Wildman–Crippen LogP) is 3.63. The molecular weight excluding hydrogens is 594 g/mol. The summed E-state index contributed by atoms with van der Waals surface area (Å²) in [5.74, 6) is -3.32. The van der Waals surface area contributed by atoms with Crippen LogP contribution in [0.1, 0.15) is 39.7 Å². The fraction of sp³-hybridized carbons (Fsp3) is 0.182. The summed E-state index contributed by atoms with van der Waals surface area (Å²) in [6, 6.07) is 10.8. The third-order valence-corrected chi connectivity index (χ3v) is 8.28. The van der Waals surface area contributed by atoms with Crippen molar-refractivity contribution in [1.82, 2.24) is 24.6 Å². The Morgan fingerprint density at radius 3 is 2.24 bits per heavy atom. The summed E-state index contributed by atoms with van der Waals surface area (Å²) in [7, 11) is 1.40. The number of nitrogens with zero attached hydrogens (tertiary/aromatic N) is 4. The highest BCUT2D eigenvalue weighted by molar-refractivity contribution is 6.05. The standard InChI is InChI=1S/C33H30F2N8O3/c1-42-28(27(32(37)45)30(44)26(29(42)33(38)46)17-2-5-21(34)6-3-17)18-4-7-23(25(35)13-18)24-12-19(14-40-31(24)36)20-15-41-43(16-20)22-8-10-39-11-9-22/h2-7,12-16,22,39H,8-11H2,1H3,(H2,36,40)(H2,37,45)(H2,38,46). The molecule has 7 N–H and O–H groups in total. The number of hydrogen-bond donors (Lipinski definition) is 4. The van der Waals surface area contributed by atoms with Gasteiger partial charge in [0.2, 0.25) is 5.43 Å². The van der Waals surface area contributed by atoms with Crippen molar-refractivity contribution in [2.75, 3.05) is 18.8 Å². The molecule has 11 nitrogen and oxygen atoms in total. The first-order chi connectivity index (χ1) is 22.0. The molecule has 3 aromatic heterocycles. The minimum Gasteiger partial charge on any atom is -0.383 e. The van der Waals surface area contributed by atoms with Gasteiger partial charge < -0.3 is 27.1 Å². The van der Waals surface area contributed by atoms with Gasteiger partial charge in [0.25, 0.3) is 11.8 Å². The molecule has 0 unspecified atom stereocenters. The average molecular weight is 625 g/mol. The van der Waals surface area contributed by atoms with Crippen LogP contribution in [0.3, 0.4) is 0 Å². The van der Waals surface area contributed by atoms with E-state index in [2.05, 4.69) is 15.4 Å². The van der Waals surface area contributed by atoms with Crippen molar-refractivity contribution in [3.8, 4) is 44.6 Å². The van der Waals surface area contributed by atoms with Gasteiger partial charge in [-0.25, -0.2) is 13.8 Å². The zero-order valence-corrected chi connectivity index (χ0v) is 24.8. The molecule has 0 atom stereocenters. The number of nitrogens with one attached hydrogen (secondary N) is 1. The summed E-state index contributed by atoms with van der Waals surface area (Å²) in [6.45, 7) is 1.83. The third-order valence-electron chi connectivity index (χ3n) is 8.28. The minimum atomic E-state index is -1.11. The van der Waals surface area contributed by atoms with E-state index in [1.807, 2.05) is 10.9 Å². The number of carbonyl (C=O) groups excluding carboxylic acids is 2. The molecule has 0 bridgehead atoms. The first-order valence-electron chi connectivity index (χ1n) is 14.5. The molecule has 6 rings (SSSR count). The maximum atomic E-state index is 16.0. The normalized spacial score (nSPS) is 13.5. The number of amides is 2. The van der Waals surface area contributed by atoms with Gasteiger partial charge in [-0.3, -0.25) is 19.1 Å². The van der Waals surface area contributed by atoms with Crippen LogP contribution in [-0.4, -0.2) is 44.2 Å². The molecule has 5 aromatic rings. The average Bonchev–Trinajstić information content (AvgIpc) is 3.53. The lowest BCUT2D eigenvalue weighted by molar-refractivity contribution is 0.0981. The minimum absolute atomic E-state index is 0.0775. The highest BCUT2D eigenvalue weighted by Gasteiger charge is 2.28. The van der Waals surface area contributed by atoms with Crippen molar-refractivity contribution < 1.29 is 18.4 Å². The Morgan fingerprint density at radius 1 is 0.891 bits per heavy atom. The Bertz CT molecular complexity index is 2060. The topological polar surface area (TPSA) is 177 Å². The molecule has 1 aliphatic rings. The molecule has 0 saturated carbocycles. The van der Waals surface area contributed by atoms with E-state index in [0.29, 0.717) is 11.1 Å². The smallest absolute Gasteiger partial charge is 0.266 e. The quantitative estimate of drug-likeness (QED) is 0.214. The second-order valence-electron chi connectivity index (χ2n) is 11.1.